The summed E-state index contributed by atoms with van der Waals surface area (Å²) in [5.41, 5.74) is 2.19. The second-order valence-electron chi connectivity index (χ2n) is 6.65. The average Bonchev–Trinajstić information content (AvgIpc) is 2.95. The lowest BCUT2D eigenvalue weighted by atomic mass is 9.75. The van der Waals surface area contributed by atoms with Crippen LogP contribution in [0.2, 0.25) is 0 Å². The Kier molecular flexibility index (Phi) is 3.98. The second-order valence-corrected chi connectivity index (χ2v) is 6.65. The molecular weight excluding hydrogens is 280 g/mol. The van der Waals surface area contributed by atoms with E-state index in [0.29, 0.717) is 17.2 Å². The Labute approximate surface area is 130 Å². The molecule has 0 aliphatic heterocycles. The zero-order valence-corrected chi connectivity index (χ0v) is 13.1. The smallest absolute Gasteiger partial charge is 0.135 e. The number of halogens is 2. The molecule has 1 aromatic heterocycles. The van der Waals surface area contributed by atoms with E-state index in [9.17, 15) is 8.78 Å². The maximum atomic E-state index is 14.0. The van der Waals surface area contributed by atoms with E-state index in [1.807, 2.05) is 12.1 Å². The van der Waals surface area contributed by atoms with Crippen LogP contribution in [0.25, 0.3) is 11.3 Å². The van der Waals surface area contributed by atoms with Crippen LogP contribution in [-0.2, 0) is 0 Å². The SMILES string of the molecule is CC(c1cccc(-c2ccc(F)cc2F)n1)C1(C)CCCC1. The largest absolute Gasteiger partial charge is 0.252 e. The van der Waals surface area contributed by atoms with Crippen LogP contribution in [0.15, 0.2) is 36.4 Å². The molecule has 1 unspecified atom stereocenters. The van der Waals surface area contributed by atoms with Crippen LogP contribution in [0.3, 0.4) is 0 Å². The highest BCUT2D eigenvalue weighted by molar-refractivity contribution is 5.60. The van der Waals surface area contributed by atoms with Gasteiger partial charge in [0.05, 0.1) is 5.69 Å². The first-order valence-corrected chi connectivity index (χ1v) is 7.92. The molecule has 1 aliphatic carbocycles. The third-order valence-corrected chi connectivity index (χ3v) is 5.21. The Morgan fingerprint density at radius 1 is 1.09 bits per heavy atom. The summed E-state index contributed by atoms with van der Waals surface area (Å²) in [6, 6.07) is 9.34. The van der Waals surface area contributed by atoms with Crippen molar-refractivity contribution in [3.63, 3.8) is 0 Å². The zero-order chi connectivity index (χ0) is 15.7. The number of benzene rings is 1. The summed E-state index contributed by atoms with van der Waals surface area (Å²) in [6.07, 6.45) is 4.97. The number of pyridine rings is 1. The Balaban J connectivity index is 1.95. The minimum atomic E-state index is -0.566. The summed E-state index contributed by atoms with van der Waals surface area (Å²) in [5.74, 6) is -0.799. The van der Waals surface area contributed by atoms with Gasteiger partial charge >= 0.3 is 0 Å². The summed E-state index contributed by atoms with van der Waals surface area (Å²) in [6.45, 7) is 4.52. The predicted octanol–water partition coefficient (Wildman–Crippen LogP) is 5.71. The van der Waals surface area contributed by atoms with Crippen molar-refractivity contribution >= 4 is 0 Å². The molecule has 2 aromatic rings. The molecule has 1 nitrogen and oxygen atoms in total. The highest BCUT2D eigenvalue weighted by Gasteiger charge is 2.35. The van der Waals surface area contributed by atoms with Crippen molar-refractivity contribution in [2.24, 2.45) is 5.41 Å². The average molecular weight is 301 g/mol. The van der Waals surface area contributed by atoms with Gasteiger partial charge in [0.25, 0.3) is 0 Å². The van der Waals surface area contributed by atoms with Crippen LogP contribution in [0.4, 0.5) is 8.78 Å². The molecule has 1 fully saturated rings. The van der Waals surface area contributed by atoms with Gasteiger partial charge in [0.2, 0.25) is 0 Å². The quantitative estimate of drug-likeness (QED) is 0.707. The third-order valence-electron chi connectivity index (χ3n) is 5.21. The molecule has 0 N–H and O–H groups in total. The van der Waals surface area contributed by atoms with Crippen LogP contribution < -0.4 is 0 Å². The molecule has 3 heteroatoms. The van der Waals surface area contributed by atoms with Gasteiger partial charge in [-0.1, -0.05) is 32.8 Å². The van der Waals surface area contributed by atoms with Gasteiger partial charge in [0.1, 0.15) is 11.6 Å². The minimum Gasteiger partial charge on any atom is -0.252 e. The van der Waals surface area contributed by atoms with E-state index in [-0.39, 0.29) is 5.41 Å². The first-order chi connectivity index (χ1) is 10.5. The summed E-state index contributed by atoms with van der Waals surface area (Å²) in [4.78, 5) is 4.66. The fraction of sp³-hybridized carbons (Fsp3) is 0.421. The molecule has 1 aromatic carbocycles. The van der Waals surface area contributed by atoms with Crippen LogP contribution >= 0.6 is 0 Å². The summed E-state index contributed by atoms with van der Waals surface area (Å²) < 4.78 is 27.0. The number of hydrogen-bond acceptors (Lipinski definition) is 1. The summed E-state index contributed by atoms with van der Waals surface area (Å²) in [5, 5.41) is 0. The fourth-order valence-corrected chi connectivity index (χ4v) is 3.51. The monoisotopic (exact) mass is 301 g/mol. The van der Waals surface area contributed by atoms with Gasteiger partial charge in [-0.25, -0.2) is 8.78 Å². The highest BCUT2D eigenvalue weighted by atomic mass is 19.1. The van der Waals surface area contributed by atoms with E-state index >= 15 is 0 Å². The van der Waals surface area contributed by atoms with Crippen molar-refractivity contribution in [2.45, 2.75) is 45.4 Å². The lowest BCUT2D eigenvalue weighted by Crippen LogP contribution is -2.20. The van der Waals surface area contributed by atoms with Gasteiger partial charge in [0, 0.05) is 23.2 Å². The molecule has 1 heterocycles. The summed E-state index contributed by atoms with van der Waals surface area (Å²) >= 11 is 0. The van der Waals surface area contributed by atoms with Crippen molar-refractivity contribution in [3.05, 3.63) is 53.7 Å². The van der Waals surface area contributed by atoms with Gasteiger partial charge in [-0.15, -0.1) is 0 Å². The second kappa shape index (κ2) is 5.79. The standard InChI is InChI=1S/C19H21F2N/c1-13(19(2)10-3-4-11-19)17-6-5-7-18(22-17)15-9-8-14(20)12-16(15)21/h5-9,12-13H,3-4,10-11H2,1-2H3. The molecule has 116 valence electrons. The van der Waals surface area contributed by atoms with E-state index in [1.54, 1.807) is 6.07 Å². The molecule has 0 spiro atoms. The lowest BCUT2D eigenvalue weighted by molar-refractivity contribution is 0.271. The van der Waals surface area contributed by atoms with Crippen LogP contribution in [-0.4, -0.2) is 4.98 Å². The van der Waals surface area contributed by atoms with Crippen molar-refractivity contribution < 1.29 is 8.78 Å². The molecule has 22 heavy (non-hydrogen) atoms. The predicted molar refractivity (Wildman–Crippen MR) is 84.6 cm³/mol. The van der Waals surface area contributed by atoms with Crippen molar-refractivity contribution in [3.8, 4) is 11.3 Å². The molecule has 3 rings (SSSR count). The van der Waals surface area contributed by atoms with Crippen molar-refractivity contribution in [1.82, 2.24) is 4.98 Å². The molecule has 0 saturated heterocycles. The van der Waals surface area contributed by atoms with Gasteiger partial charge in [-0.3, -0.25) is 4.98 Å². The zero-order valence-electron chi connectivity index (χ0n) is 13.1. The third kappa shape index (κ3) is 2.77. The van der Waals surface area contributed by atoms with Gasteiger partial charge in [-0.05, 0) is 42.5 Å². The minimum absolute atomic E-state index is 0.271. The molecule has 0 bridgehead atoms. The maximum absolute atomic E-state index is 14.0. The van der Waals surface area contributed by atoms with Gasteiger partial charge in [-0.2, -0.15) is 0 Å². The molecular formula is C19H21F2N. The van der Waals surface area contributed by atoms with Crippen LogP contribution in [0.1, 0.15) is 51.1 Å². The van der Waals surface area contributed by atoms with Gasteiger partial charge in [0.15, 0.2) is 0 Å². The number of hydrogen-bond donors (Lipinski definition) is 0. The highest BCUT2D eigenvalue weighted by Crippen LogP contribution is 2.47. The Morgan fingerprint density at radius 2 is 1.82 bits per heavy atom. The van der Waals surface area contributed by atoms with E-state index in [2.05, 4.69) is 18.8 Å². The van der Waals surface area contributed by atoms with E-state index < -0.39 is 11.6 Å². The number of rotatable bonds is 3. The first kappa shape index (κ1) is 15.1. The van der Waals surface area contributed by atoms with E-state index in [0.717, 1.165) is 11.8 Å². The number of nitrogens with zero attached hydrogens (tertiary/aromatic N) is 1. The molecule has 1 atom stereocenters. The lowest BCUT2D eigenvalue weighted by Gasteiger charge is -2.31. The summed E-state index contributed by atoms with van der Waals surface area (Å²) in [7, 11) is 0. The van der Waals surface area contributed by atoms with Crippen molar-refractivity contribution in [1.29, 1.82) is 0 Å². The topological polar surface area (TPSA) is 12.9 Å². The van der Waals surface area contributed by atoms with E-state index in [4.69, 9.17) is 0 Å². The van der Waals surface area contributed by atoms with Crippen molar-refractivity contribution in [2.75, 3.05) is 0 Å². The van der Waals surface area contributed by atoms with Gasteiger partial charge < -0.3 is 0 Å². The molecule has 1 saturated carbocycles. The molecule has 0 amide bonds. The number of aromatic nitrogens is 1. The Bertz CT molecular complexity index is 675. The maximum Gasteiger partial charge on any atom is 0.135 e. The van der Waals surface area contributed by atoms with Crippen LogP contribution in [0.5, 0.6) is 0 Å². The molecule has 0 radical (unpaired) electrons. The fourth-order valence-electron chi connectivity index (χ4n) is 3.51. The Morgan fingerprint density at radius 3 is 2.50 bits per heavy atom. The van der Waals surface area contributed by atoms with E-state index in [1.165, 1.54) is 37.8 Å². The normalized spacial score (nSPS) is 18.4. The first-order valence-electron chi connectivity index (χ1n) is 7.92. The Hall–Kier alpha value is -1.77. The van der Waals surface area contributed by atoms with Crippen LogP contribution in [0, 0.1) is 17.0 Å². The molecule has 1 aliphatic rings.